The molecule has 366 valence electrons. The van der Waals surface area contributed by atoms with Crippen LogP contribution in [0.5, 0.6) is 11.5 Å². The molecule has 2 aliphatic carbocycles. The van der Waals surface area contributed by atoms with Gasteiger partial charge in [-0.15, -0.1) is 0 Å². The summed E-state index contributed by atoms with van der Waals surface area (Å²) in [6.07, 6.45) is 5.48. The number of fused-ring (bicyclic) bond motifs is 1. The first kappa shape index (κ1) is 49.2. The van der Waals surface area contributed by atoms with Crippen molar-refractivity contribution in [1.29, 1.82) is 0 Å². The highest BCUT2D eigenvalue weighted by Gasteiger charge is 2.32. The number of aromatic nitrogens is 4. The first-order valence-electron chi connectivity index (χ1n) is 23.2. The fraction of sp³-hybridized carbons (Fsp3) is 0.417. The lowest BCUT2D eigenvalue weighted by Crippen LogP contribution is -2.40. The number of rotatable bonds is 13. The minimum Gasteiger partial charge on any atom is -0.495 e. The van der Waals surface area contributed by atoms with Crippen molar-refractivity contribution in [2.45, 2.75) is 52.4 Å². The Morgan fingerprint density at radius 2 is 1.20 bits per heavy atom. The molecule has 69 heavy (non-hydrogen) atoms. The molecular formula is C48H60N12O9. The molecule has 4 fully saturated rings. The van der Waals surface area contributed by atoms with Crippen molar-refractivity contribution >= 4 is 80.8 Å². The number of aryl methyl sites for hydroxylation is 1. The molecule has 0 unspecified atom stereocenters. The quantitative estimate of drug-likeness (QED) is 0.0798. The van der Waals surface area contributed by atoms with Crippen LogP contribution in [-0.4, -0.2) is 120 Å². The zero-order valence-electron chi connectivity index (χ0n) is 39.7. The highest BCUT2D eigenvalue weighted by Crippen LogP contribution is 2.36. The molecule has 4 aliphatic rings. The Balaban J connectivity index is 0.000000197. The Bertz CT molecular complexity index is 2790. The number of morpholine rings is 1. The number of nitrogens with zero attached hydrogens (tertiary/aromatic N) is 5. The standard InChI is InChI=1S/C23H28N6O5.C23H26N6O4.C2H6/c1-25-22(31)19-16(12-18(27-20(19)24)28-21(30)13-3-4-13)26-15-6-5-14(11-17(15)33-2)23(32)29-7-9-34-10-8-29;1-28-23(32)19-16(12-18(25-20(19)27-28)26-21(30)13-5-6-13)24-15-8-7-14(11-17(15)33-2)22(31)29-9-3-4-10-29;1-2/h5-6,11-13H,3-4,7-10H2,1-2H3,(H,25,31)(H4,24,26,27,28,30);7-8,11-13H,3-6,9-10H2,1-2H3,(H3,24,25,26,27,30);1-2H3. The van der Waals surface area contributed by atoms with Gasteiger partial charge in [0.25, 0.3) is 23.3 Å². The van der Waals surface area contributed by atoms with Gasteiger partial charge in [-0.05, 0) is 74.9 Å². The summed E-state index contributed by atoms with van der Waals surface area (Å²) in [5.41, 5.74) is 9.26. The van der Waals surface area contributed by atoms with E-state index in [1.165, 1.54) is 25.9 Å². The van der Waals surface area contributed by atoms with Crippen molar-refractivity contribution in [1.82, 2.24) is 34.9 Å². The molecule has 5 aromatic rings. The van der Waals surface area contributed by atoms with E-state index in [9.17, 15) is 28.8 Å². The molecule has 3 aromatic heterocycles. The Labute approximate surface area is 398 Å². The summed E-state index contributed by atoms with van der Waals surface area (Å²) >= 11 is 0. The van der Waals surface area contributed by atoms with E-state index in [-0.39, 0.29) is 58.2 Å². The highest BCUT2D eigenvalue weighted by atomic mass is 16.5. The second-order valence-corrected chi connectivity index (χ2v) is 16.7. The van der Waals surface area contributed by atoms with Crippen LogP contribution < -0.4 is 47.4 Å². The van der Waals surface area contributed by atoms with Crippen LogP contribution in [0.4, 0.5) is 40.2 Å². The van der Waals surface area contributed by atoms with Crippen molar-refractivity contribution < 1.29 is 38.2 Å². The summed E-state index contributed by atoms with van der Waals surface area (Å²) in [7, 11) is 6.12. The predicted octanol–water partition coefficient (Wildman–Crippen LogP) is 5.22. The van der Waals surface area contributed by atoms with Crippen molar-refractivity contribution in [2.24, 2.45) is 18.9 Å². The molecule has 9 rings (SSSR count). The largest absolute Gasteiger partial charge is 0.495 e. The number of nitrogens with one attached hydrogen (secondary N) is 6. The summed E-state index contributed by atoms with van der Waals surface area (Å²) in [5, 5.41) is 17.8. The number of H-pyrrole nitrogens is 1. The molecule has 8 N–H and O–H groups in total. The third kappa shape index (κ3) is 11.5. The predicted molar refractivity (Wildman–Crippen MR) is 262 cm³/mol. The number of anilines is 7. The van der Waals surface area contributed by atoms with Crippen molar-refractivity contribution in [3.8, 4) is 11.5 Å². The Morgan fingerprint density at radius 1 is 0.710 bits per heavy atom. The summed E-state index contributed by atoms with van der Waals surface area (Å²) in [5.74, 6) is 0.657. The first-order valence-corrected chi connectivity index (χ1v) is 23.2. The Kier molecular flexibility index (Phi) is 15.7. The number of aromatic amines is 1. The van der Waals surface area contributed by atoms with Gasteiger partial charge in [0.2, 0.25) is 11.8 Å². The van der Waals surface area contributed by atoms with Crippen LogP contribution in [0, 0.1) is 11.8 Å². The number of carbonyl (C=O) groups excluding carboxylic acids is 5. The molecule has 2 aromatic carbocycles. The number of pyridine rings is 2. The van der Waals surface area contributed by atoms with E-state index in [0.29, 0.717) is 88.5 Å². The minimum atomic E-state index is -0.439. The van der Waals surface area contributed by atoms with Gasteiger partial charge < -0.3 is 56.3 Å². The van der Waals surface area contributed by atoms with E-state index >= 15 is 0 Å². The zero-order valence-corrected chi connectivity index (χ0v) is 39.7. The normalized spacial score (nSPS) is 15.2. The molecule has 21 nitrogen and oxygen atoms in total. The molecule has 21 heteroatoms. The van der Waals surface area contributed by atoms with E-state index < -0.39 is 5.91 Å². The third-order valence-electron chi connectivity index (χ3n) is 11.8. The maximum absolute atomic E-state index is 12.8. The maximum Gasteiger partial charge on any atom is 0.277 e. The molecule has 2 saturated carbocycles. The summed E-state index contributed by atoms with van der Waals surface area (Å²) in [6, 6.07) is 13.4. The van der Waals surface area contributed by atoms with Gasteiger partial charge in [0.1, 0.15) is 39.9 Å². The average molecular weight is 949 g/mol. The van der Waals surface area contributed by atoms with Crippen LogP contribution in [0.1, 0.15) is 83.4 Å². The van der Waals surface area contributed by atoms with Crippen LogP contribution >= 0.6 is 0 Å². The monoisotopic (exact) mass is 948 g/mol. The summed E-state index contributed by atoms with van der Waals surface area (Å²) in [4.78, 5) is 87.5. The Morgan fingerprint density at radius 3 is 1.71 bits per heavy atom. The van der Waals surface area contributed by atoms with Gasteiger partial charge in [0.15, 0.2) is 5.65 Å². The van der Waals surface area contributed by atoms with Crippen LogP contribution in [0.3, 0.4) is 0 Å². The molecule has 5 heterocycles. The number of carbonyl (C=O) groups is 5. The van der Waals surface area contributed by atoms with Gasteiger partial charge in [-0.3, -0.25) is 38.5 Å². The van der Waals surface area contributed by atoms with Gasteiger partial charge >= 0.3 is 0 Å². The van der Waals surface area contributed by atoms with Crippen LogP contribution in [0.2, 0.25) is 0 Å². The lowest BCUT2D eigenvalue weighted by molar-refractivity contribution is -0.118. The van der Waals surface area contributed by atoms with Gasteiger partial charge in [-0.25, -0.2) is 9.97 Å². The Hall–Kier alpha value is -7.68. The van der Waals surface area contributed by atoms with E-state index in [0.717, 1.165) is 51.6 Å². The van der Waals surface area contributed by atoms with Gasteiger partial charge in [0, 0.05) is 75.4 Å². The average Bonchev–Trinajstić information content (AvgIpc) is 4.31. The molecule has 0 radical (unpaired) electrons. The molecule has 5 amide bonds. The first-order chi connectivity index (χ1) is 33.3. The van der Waals surface area contributed by atoms with Gasteiger partial charge in [-0.2, -0.15) is 0 Å². The SMILES string of the molecule is CC.CNC(=O)c1c(Nc2ccc(C(=O)N3CCOCC3)cc2OC)cc(NC(=O)C2CC2)nc1N.COc1cc(C(=O)N2CCCC2)ccc1Nc1cc(NC(=O)C2CC2)nc2[nH]n(C)c(=O)c12. The van der Waals surface area contributed by atoms with E-state index in [2.05, 4.69) is 41.7 Å². The molecule has 0 atom stereocenters. The molecule has 2 saturated heterocycles. The third-order valence-corrected chi connectivity index (χ3v) is 11.8. The van der Waals surface area contributed by atoms with Gasteiger partial charge in [-0.1, -0.05) is 13.8 Å². The molecular weight excluding hydrogens is 889 g/mol. The second-order valence-electron chi connectivity index (χ2n) is 16.7. The van der Waals surface area contributed by atoms with Crippen LogP contribution in [0.15, 0.2) is 53.3 Å². The van der Waals surface area contributed by atoms with Crippen molar-refractivity contribution in [3.63, 3.8) is 0 Å². The number of amides is 5. The van der Waals surface area contributed by atoms with E-state index in [1.54, 1.807) is 60.5 Å². The molecule has 0 spiro atoms. The number of benzene rings is 2. The number of nitrogen functional groups attached to an aromatic ring is 1. The number of ether oxygens (including phenoxy) is 3. The van der Waals surface area contributed by atoms with E-state index in [1.807, 2.05) is 18.7 Å². The van der Waals surface area contributed by atoms with E-state index in [4.69, 9.17) is 19.9 Å². The van der Waals surface area contributed by atoms with Crippen molar-refractivity contribution in [3.05, 3.63) is 75.6 Å². The number of nitrogens with two attached hydrogens (primary N) is 1. The minimum absolute atomic E-state index is 0.0188. The molecule has 0 bridgehead atoms. The highest BCUT2D eigenvalue weighted by molar-refractivity contribution is 6.06. The van der Waals surface area contributed by atoms with Gasteiger partial charge in [0.05, 0.1) is 50.2 Å². The fourth-order valence-electron chi connectivity index (χ4n) is 7.82. The lowest BCUT2D eigenvalue weighted by atomic mass is 10.1. The lowest BCUT2D eigenvalue weighted by Gasteiger charge is -2.27. The summed E-state index contributed by atoms with van der Waals surface area (Å²) < 4.78 is 17.7. The smallest absolute Gasteiger partial charge is 0.277 e. The zero-order chi connectivity index (χ0) is 49.4. The number of likely N-dealkylation sites (tertiary alicyclic amines) is 1. The van der Waals surface area contributed by atoms with Crippen molar-refractivity contribution in [2.75, 3.05) is 87.7 Å². The topological polar surface area (TPSA) is 269 Å². The number of methoxy groups -OCH3 is 2. The summed E-state index contributed by atoms with van der Waals surface area (Å²) in [6.45, 7) is 7.61. The van der Waals surface area contributed by atoms with Crippen LogP contribution in [-0.2, 0) is 21.4 Å². The number of hydrogen-bond acceptors (Lipinski definition) is 14. The second kappa shape index (κ2) is 22.0. The molecule has 2 aliphatic heterocycles. The number of hydrogen-bond donors (Lipinski definition) is 7. The van der Waals surface area contributed by atoms with Crippen LogP contribution in [0.25, 0.3) is 11.0 Å². The maximum atomic E-state index is 12.8. The fourth-order valence-corrected chi connectivity index (χ4v) is 7.82.